The summed E-state index contributed by atoms with van der Waals surface area (Å²) in [6, 6.07) is 6.49. The van der Waals surface area contributed by atoms with Gasteiger partial charge in [-0.1, -0.05) is 31.2 Å². The average molecular weight is 263 g/mol. The van der Waals surface area contributed by atoms with E-state index >= 15 is 0 Å². The zero-order valence-electron chi connectivity index (χ0n) is 10.7. The summed E-state index contributed by atoms with van der Waals surface area (Å²) in [6.07, 6.45) is 0.736. The molecule has 1 aromatic carbocycles. The minimum atomic E-state index is -1.54. The van der Waals surface area contributed by atoms with Crippen molar-refractivity contribution in [1.29, 1.82) is 0 Å². The number of carbonyl (C=O) groups is 2. The van der Waals surface area contributed by atoms with Crippen molar-refractivity contribution in [1.82, 2.24) is 5.32 Å². The summed E-state index contributed by atoms with van der Waals surface area (Å²) in [4.78, 5) is 23.0. The Hall–Kier alpha value is -1.88. The number of fused-ring (bicyclic) bond motifs is 1. The molecular weight excluding hydrogens is 246 g/mol. The highest BCUT2D eigenvalue weighted by atomic mass is 16.4. The summed E-state index contributed by atoms with van der Waals surface area (Å²) in [6.45, 7) is 1.67. The monoisotopic (exact) mass is 263 g/mol. The molecule has 0 aromatic heterocycles. The van der Waals surface area contributed by atoms with E-state index in [0.29, 0.717) is 0 Å². The standard InChI is InChI=1S/C14H17NO4/c1-2-11(12(16)17)15-13(18)14(19)7-9-5-3-4-6-10(9)8-14/h3-6,11,19H,2,7-8H2,1H3,(H,15,18)(H,16,17). The van der Waals surface area contributed by atoms with Gasteiger partial charge in [0.25, 0.3) is 5.91 Å². The summed E-state index contributed by atoms with van der Waals surface area (Å²) >= 11 is 0. The smallest absolute Gasteiger partial charge is 0.326 e. The molecule has 5 heteroatoms. The molecule has 1 aromatic rings. The van der Waals surface area contributed by atoms with Crippen molar-refractivity contribution in [2.75, 3.05) is 0 Å². The number of amides is 1. The molecule has 3 N–H and O–H groups in total. The lowest BCUT2D eigenvalue weighted by Gasteiger charge is -2.23. The van der Waals surface area contributed by atoms with Crippen molar-refractivity contribution in [3.8, 4) is 0 Å². The van der Waals surface area contributed by atoms with Gasteiger partial charge in [0.05, 0.1) is 0 Å². The third kappa shape index (κ3) is 2.61. The van der Waals surface area contributed by atoms with Crippen molar-refractivity contribution in [3.05, 3.63) is 35.4 Å². The largest absolute Gasteiger partial charge is 0.480 e. The minimum Gasteiger partial charge on any atom is -0.480 e. The average Bonchev–Trinajstić information content (AvgIpc) is 2.72. The molecular formula is C14H17NO4. The highest BCUT2D eigenvalue weighted by molar-refractivity contribution is 5.90. The molecule has 19 heavy (non-hydrogen) atoms. The topological polar surface area (TPSA) is 86.6 Å². The summed E-state index contributed by atoms with van der Waals surface area (Å²) < 4.78 is 0. The molecule has 1 aliphatic carbocycles. The molecule has 102 valence electrons. The molecule has 1 atom stereocenters. The van der Waals surface area contributed by atoms with E-state index in [2.05, 4.69) is 5.32 Å². The number of carboxylic acids is 1. The zero-order valence-corrected chi connectivity index (χ0v) is 10.7. The maximum absolute atomic E-state index is 12.1. The second kappa shape index (κ2) is 5.01. The second-order valence-electron chi connectivity index (χ2n) is 4.93. The van der Waals surface area contributed by atoms with Crippen LogP contribution in [0.2, 0.25) is 0 Å². The molecule has 0 bridgehead atoms. The van der Waals surface area contributed by atoms with E-state index in [1.807, 2.05) is 24.3 Å². The first-order chi connectivity index (χ1) is 8.96. The van der Waals surface area contributed by atoms with Crippen LogP contribution < -0.4 is 5.32 Å². The van der Waals surface area contributed by atoms with Crippen LogP contribution in [0.1, 0.15) is 24.5 Å². The minimum absolute atomic E-state index is 0.227. The van der Waals surface area contributed by atoms with Crippen molar-refractivity contribution in [2.24, 2.45) is 0 Å². The molecule has 0 heterocycles. The normalized spacial score (nSPS) is 17.6. The van der Waals surface area contributed by atoms with Crippen LogP contribution in [0, 0.1) is 0 Å². The van der Waals surface area contributed by atoms with E-state index in [9.17, 15) is 14.7 Å². The fourth-order valence-electron chi connectivity index (χ4n) is 2.39. The van der Waals surface area contributed by atoms with Gasteiger partial charge >= 0.3 is 5.97 Å². The number of hydrogen-bond acceptors (Lipinski definition) is 3. The Balaban J connectivity index is 2.11. The van der Waals surface area contributed by atoms with Gasteiger partial charge in [-0.25, -0.2) is 4.79 Å². The van der Waals surface area contributed by atoms with Crippen LogP contribution in [-0.4, -0.2) is 33.7 Å². The lowest BCUT2D eigenvalue weighted by molar-refractivity contribution is -0.147. The highest BCUT2D eigenvalue weighted by Crippen LogP contribution is 2.30. The summed E-state index contributed by atoms with van der Waals surface area (Å²) in [5, 5.41) is 21.7. The number of hydrogen-bond donors (Lipinski definition) is 3. The summed E-state index contributed by atoms with van der Waals surface area (Å²) in [7, 11) is 0. The van der Waals surface area contributed by atoms with E-state index in [4.69, 9.17) is 5.11 Å². The number of benzene rings is 1. The number of rotatable bonds is 4. The third-order valence-corrected chi connectivity index (χ3v) is 3.52. The number of carbonyl (C=O) groups excluding carboxylic acids is 1. The van der Waals surface area contributed by atoms with E-state index in [1.165, 1.54) is 0 Å². The molecule has 0 saturated heterocycles. The van der Waals surface area contributed by atoms with Crippen LogP contribution in [0.3, 0.4) is 0 Å². The Morgan fingerprint density at radius 2 is 1.84 bits per heavy atom. The Morgan fingerprint density at radius 1 is 1.32 bits per heavy atom. The molecule has 0 aliphatic heterocycles. The third-order valence-electron chi connectivity index (χ3n) is 3.52. The van der Waals surface area contributed by atoms with Crippen LogP contribution in [0.5, 0.6) is 0 Å². The first-order valence-corrected chi connectivity index (χ1v) is 6.29. The van der Waals surface area contributed by atoms with Crippen LogP contribution in [0.4, 0.5) is 0 Å². The van der Waals surface area contributed by atoms with Gasteiger partial charge in [-0.15, -0.1) is 0 Å². The molecule has 5 nitrogen and oxygen atoms in total. The quantitative estimate of drug-likeness (QED) is 0.738. The van der Waals surface area contributed by atoms with Gasteiger partial charge in [-0.2, -0.15) is 0 Å². The van der Waals surface area contributed by atoms with Gasteiger partial charge in [0.1, 0.15) is 6.04 Å². The van der Waals surface area contributed by atoms with E-state index in [-0.39, 0.29) is 19.3 Å². The van der Waals surface area contributed by atoms with E-state index in [0.717, 1.165) is 11.1 Å². The van der Waals surface area contributed by atoms with Crippen LogP contribution >= 0.6 is 0 Å². The van der Waals surface area contributed by atoms with Gasteiger partial charge in [0, 0.05) is 12.8 Å². The Labute approximate surface area is 111 Å². The molecule has 0 spiro atoms. The van der Waals surface area contributed by atoms with Crippen molar-refractivity contribution in [2.45, 2.75) is 37.8 Å². The summed E-state index contributed by atoms with van der Waals surface area (Å²) in [5.74, 6) is -1.70. The predicted molar refractivity (Wildman–Crippen MR) is 68.7 cm³/mol. The molecule has 0 saturated carbocycles. The zero-order chi connectivity index (χ0) is 14.0. The van der Waals surface area contributed by atoms with Crippen LogP contribution in [0.25, 0.3) is 0 Å². The molecule has 2 rings (SSSR count). The van der Waals surface area contributed by atoms with Crippen LogP contribution in [-0.2, 0) is 22.4 Å². The highest BCUT2D eigenvalue weighted by Gasteiger charge is 2.42. The SMILES string of the molecule is CCC(NC(=O)C1(O)Cc2ccccc2C1)C(=O)O. The van der Waals surface area contributed by atoms with Crippen molar-refractivity contribution >= 4 is 11.9 Å². The first-order valence-electron chi connectivity index (χ1n) is 6.29. The Kier molecular flexibility index (Phi) is 3.57. The Bertz CT molecular complexity index is 487. The second-order valence-corrected chi connectivity index (χ2v) is 4.93. The fourth-order valence-corrected chi connectivity index (χ4v) is 2.39. The van der Waals surface area contributed by atoms with Crippen molar-refractivity contribution < 1.29 is 19.8 Å². The number of aliphatic hydroxyl groups is 1. The lowest BCUT2D eigenvalue weighted by Crippen LogP contribution is -2.52. The van der Waals surface area contributed by atoms with Crippen molar-refractivity contribution in [3.63, 3.8) is 0 Å². The van der Waals surface area contributed by atoms with Gasteiger partial charge in [-0.3, -0.25) is 4.79 Å². The molecule has 0 radical (unpaired) electrons. The van der Waals surface area contributed by atoms with Gasteiger partial charge < -0.3 is 15.5 Å². The molecule has 0 fully saturated rings. The van der Waals surface area contributed by atoms with Gasteiger partial charge in [0.15, 0.2) is 5.60 Å². The summed E-state index contributed by atoms with van der Waals surface area (Å²) in [5.41, 5.74) is 0.332. The number of nitrogens with one attached hydrogen (secondary N) is 1. The van der Waals surface area contributed by atoms with E-state index in [1.54, 1.807) is 6.92 Å². The maximum atomic E-state index is 12.1. The molecule has 1 amide bonds. The number of carboxylic acid groups (broad SMARTS) is 1. The first kappa shape index (κ1) is 13.5. The fraction of sp³-hybridized carbons (Fsp3) is 0.429. The van der Waals surface area contributed by atoms with Crippen LogP contribution in [0.15, 0.2) is 24.3 Å². The van der Waals surface area contributed by atoms with E-state index < -0.39 is 23.5 Å². The predicted octanol–water partition coefficient (Wildman–Crippen LogP) is 0.496. The maximum Gasteiger partial charge on any atom is 0.326 e. The Morgan fingerprint density at radius 3 is 2.26 bits per heavy atom. The number of aliphatic carboxylic acids is 1. The lowest BCUT2D eigenvalue weighted by atomic mass is 9.98. The molecule has 1 unspecified atom stereocenters. The molecule has 1 aliphatic rings. The van der Waals surface area contributed by atoms with Gasteiger partial charge in [-0.05, 0) is 17.5 Å². The van der Waals surface area contributed by atoms with Gasteiger partial charge in [0.2, 0.25) is 0 Å².